The van der Waals surface area contributed by atoms with Gasteiger partial charge in [-0.3, -0.25) is 9.36 Å². The summed E-state index contributed by atoms with van der Waals surface area (Å²) in [6.45, 7) is 1.18. The highest BCUT2D eigenvalue weighted by Gasteiger charge is 2.13. The molecule has 7 heteroatoms. The Morgan fingerprint density at radius 3 is 2.39 bits per heavy atom. The summed E-state index contributed by atoms with van der Waals surface area (Å²) in [5, 5.41) is 3.88. The summed E-state index contributed by atoms with van der Waals surface area (Å²) in [5.41, 5.74) is 5.73. The fourth-order valence-corrected chi connectivity index (χ4v) is 4.84. The van der Waals surface area contributed by atoms with Crippen LogP contribution in [0.1, 0.15) is 27.0 Å². The van der Waals surface area contributed by atoms with Crippen molar-refractivity contribution in [3.8, 4) is 5.75 Å². The average Bonchev–Trinajstić information content (AvgIpc) is 3.29. The molecule has 0 saturated carbocycles. The Bertz CT molecular complexity index is 1450. The Balaban J connectivity index is 1.26. The number of fused-ring (bicyclic) bond motifs is 1. The molecule has 0 atom stereocenters. The van der Waals surface area contributed by atoms with Crippen molar-refractivity contribution in [1.82, 2.24) is 19.9 Å². The van der Waals surface area contributed by atoms with Gasteiger partial charge < -0.3 is 10.1 Å². The largest absolute Gasteiger partial charge is 0.497 e. The molecule has 1 amide bonds. The summed E-state index contributed by atoms with van der Waals surface area (Å²) >= 11 is 1.66. The van der Waals surface area contributed by atoms with Crippen LogP contribution in [0.5, 0.6) is 5.75 Å². The first-order valence-corrected chi connectivity index (χ1v) is 12.7. The molecule has 0 saturated heterocycles. The highest BCUT2D eigenvalue weighted by Crippen LogP contribution is 2.27. The molecular formula is C29H26N4O2S. The van der Waals surface area contributed by atoms with Crippen molar-refractivity contribution >= 4 is 28.8 Å². The van der Waals surface area contributed by atoms with Crippen LogP contribution in [0.4, 0.5) is 0 Å². The zero-order chi connectivity index (χ0) is 24.7. The zero-order valence-electron chi connectivity index (χ0n) is 19.9. The molecule has 180 valence electrons. The van der Waals surface area contributed by atoms with Crippen LogP contribution in [0.2, 0.25) is 0 Å². The number of imidazole rings is 1. The van der Waals surface area contributed by atoms with E-state index in [1.54, 1.807) is 25.1 Å². The molecule has 3 aromatic carbocycles. The van der Waals surface area contributed by atoms with Gasteiger partial charge in [-0.05, 0) is 53.1 Å². The molecule has 2 heterocycles. The highest BCUT2D eigenvalue weighted by molar-refractivity contribution is 7.98. The van der Waals surface area contributed by atoms with Crippen molar-refractivity contribution in [3.63, 3.8) is 0 Å². The highest BCUT2D eigenvalue weighted by atomic mass is 32.2. The smallest absolute Gasteiger partial charge is 0.251 e. The molecule has 36 heavy (non-hydrogen) atoms. The van der Waals surface area contributed by atoms with Crippen LogP contribution < -0.4 is 10.1 Å². The minimum Gasteiger partial charge on any atom is -0.497 e. The van der Waals surface area contributed by atoms with E-state index >= 15 is 0 Å². The van der Waals surface area contributed by atoms with Crippen molar-refractivity contribution in [2.45, 2.75) is 24.0 Å². The minimum atomic E-state index is -0.0783. The number of amides is 1. The number of thioether (sulfide) groups is 1. The fraction of sp³-hybridized carbons (Fsp3) is 0.138. The van der Waals surface area contributed by atoms with E-state index in [0.29, 0.717) is 18.7 Å². The van der Waals surface area contributed by atoms with Crippen molar-refractivity contribution in [3.05, 3.63) is 119 Å². The zero-order valence-corrected chi connectivity index (χ0v) is 20.7. The number of carbonyl (C=O) groups is 1. The second-order valence-electron chi connectivity index (χ2n) is 8.33. The number of pyridine rings is 1. The van der Waals surface area contributed by atoms with Gasteiger partial charge in [0, 0.05) is 24.1 Å². The lowest BCUT2D eigenvalue weighted by Crippen LogP contribution is -2.22. The van der Waals surface area contributed by atoms with Crippen LogP contribution in [0, 0.1) is 0 Å². The topological polar surface area (TPSA) is 69.0 Å². The molecule has 6 nitrogen and oxygen atoms in total. The van der Waals surface area contributed by atoms with Gasteiger partial charge in [0.2, 0.25) is 0 Å². The average molecular weight is 495 g/mol. The predicted molar refractivity (Wildman–Crippen MR) is 143 cm³/mol. The molecule has 0 aliphatic carbocycles. The van der Waals surface area contributed by atoms with E-state index in [4.69, 9.17) is 9.72 Å². The quantitative estimate of drug-likeness (QED) is 0.266. The molecule has 0 radical (unpaired) electrons. The lowest BCUT2D eigenvalue weighted by atomic mass is 10.1. The van der Waals surface area contributed by atoms with E-state index in [9.17, 15) is 4.79 Å². The van der Waals surface area contributed by atoms with Gasteiger partial charge in [-0.15, -0.1) is 0 Å². The third-order valence-electron chi connectivity index (χ3n) is 5.85. The van der Waals surface area contributed by atoms with Crippen molar-refractivity contribution in [2.24, 2.45) is 0 Å². The molecule has 2 aromatic heterocycles. The normalized spacial score (nSPS) is 10.9. The molecule has 0 unspecified atom stereocenters. The van der Waals surface area contributed by atoms with E-state index in [1.807, 2.05) is 78.9 Å². The van der Waals surface area contributed by atoms with Crippen LogP contribution in [0.25, 0.3) is 11.2 Å². The second-order valence-corrected chi connectivity index (χ2v) is 9.27. The molecule has 0 spiro atoms. The lowest BCUT2D eigenvalue weighted by molar-refractivity contribution is 0.0951. The first-order chi connectivity index (χ1) is 17.7. The fourth-order valence-electron chi connectivity index (χ4n) is 3.88. The summed E-state index contributed by atoms with van der Waals surface area (Å²) in [7, 11) is 1.67. The summed E-state index contributed by atoms with van der Waals surface area (Å²) in [6.07, 6.45) is 1.80. The number of hydrogen-bond acceptors (Lipinski definition) is 5. The Labute approximate surface area is 214 Å². The molecule has 0 bridgehead atoms. The maximum Gasteiger partial charge on any atom is 0.251 e. The standard InChI is InChI=1S/C29H26N4O2S/c1-35-25-15-11-22(12-16-25)19-33-27-26(8-5-17-30-27)32-29(33)36-20-23-9-13-24(14-10-23)28(34)31-18-21-6-3-2-4-7-21/h2-17H,18-20H2,1H3,(H,31,34). The minimum absolute atomic E-state index is 0.0783. The third-order valence-corrected chi connectivity index (χ3v) is 6.90. The van der Waals surface area contributed by atoms with Crippen LogP contribution in [0.15, 0.2) is 102 Å². The third kappa shape index (κ3) is 5.58. The van der Waals surface area contributed by atoms with Crippen LogP contribution in [-0.2, 0) is 18.8 Å². The van der Waals surface area contributed by atoms with E-state index < -0.39 is 0 Å². The van der Waals surface area contributed by atoms with Crippen LogP contribution in [-0.4, -0.2) is 27.6 Å². The maximum atomic E-state index is 12.5. The number of nitrogens with one attached hydrogen (secondary N) is 1. The van der Waals surface area contributed by atoms with Crippen LogP contribution >= 0.6 is 11.8 Å². The molecular weight excluding hydrogens is 468 g/mol. The maximum absolute atomic E-state index is 12.5. The molecule has 0 fully saturated rings. The number of rotatable bonds is 9. The number of benzene rings is 3. The number of nitrogens with zero attached hydrogens (tertiary/aromatic N) is 3. The predicted octanol–water partition coefficient (Wildman–Crippen LogP) is 5.71. The van der Waals surface area contributed by atoms with Gasteiger partial charge in [-0.2, -0.15) is 0 Å². The van der Waals surface area contributed by atoms with E-state index in [0.717, 1.165) is 44.5 Å². The van der Waals surface area contributed by atoms with Gasteiger partial charge >= 0.3 is 0 Å². The molecule has 5 rings (SSSR count). The number of hydrogen-bond donors (Lipinski definition) is 1. The van der Waals surface area contributed by atoms with Crippen molar-refractivity contribution in [1.29, 1.82) is 0 Å². The van der Waals surface area contributed by atoms with Crippen molar-refractivity contribution in [2.75, 3.05) is 7.11 Å². The molecule has 0 aliphatic heterocycles. The monoisotopic (exact) mass is 494 g/mol. The van der Waals surface area contributed by atoms with Gasteiger partial charge in [0.25, 0.3) is 5.91 Å². The Hall–Kier alpha value is -4.10. The SMILES string of the molecule is COc1ccc(Cn2c(SCc3ccc(C(=O)NCc4ccccc4)cc3)nc3cccnc32)cc1. The lowest BCUT2D eigenvalue weighted by Gasteiger charge is -2.10. The van der Waals surface area contributed by atoms with E-state index in [-0.39, 0.29) is 5.91 Å². The van der Waals surface area contributed by atoms with Crippen molar-refractivity contribution < 1.29 is 9.53 Å². The first kappa shape index (κ1) is 23.6. The Morgan fingerprint density at radius 1 is 0.889 bits per heavy atom. The Morgan fingerprint density at radius 2 is 1.64 bits per heavy atom. The van der Waals surface area contributed by atoms with Crippen LogP contribution in [0.3, 0.4) is 0 Å². The molecule has 1 N–H and O–H groups in total. The van der Waals surface area contributed by atoms with Gasteiger partial charge in [-0.25, -0.2) is 9.97 Å². The number of methoxy groups -OCH3 is 1. The number of carbonyl (C=O) groups excluding carboxylic acids is 1. The van der Waals surface area contributed by atoms with E-state index in [2.05, 4.69) is 27.0 Å². The van der Waals surface area contributed by atoms with Gasteiger partial charge in [0.05, 0.1) is 13.7 Å². The number of aromatic nitrogens is 3. The van der Waals surface area contributed by atoms with E-state index in [1.165, 1.54) is 0 Å². The summed E-state index contributed by atoms with van der Waals surface area (Å²) in [4.78, 5) is 21.9. The molecule has 5 aromatic rings. The Kier molecular flexibility index (Phi) is 7.28. The first-order valence-electron chi connectivity index (χ1n) is 11.7. The summed E-state index contributed by atoms with van der Waals surface area (Å²) in [5.74, 6) is 1.49. The number of ether oxygens (including phenoxy) is 1. The molecule has 0 aliphatic rings. The summed E-state index contributed by atoms with van der Waals surface area (Å²) < 4.78 is 7.43. The van der Waals surface area contributed by atoms with Gasteiger partial charge in [-0.1, -0.05) is 66.4 Å². The van der Waals surface area contributed by atoms with Gasteiger partial charge in [0.15, 0.2) is 10.8 Å². The second kappa shape index (κ2) is 11.1. The van der Waals surface area contributed by atoms with Gasteiger partial charge in [0.1, 0.15) is 11.3 Å². The summed E-state index contributed by atoms with van der Waals surface area (Å²) in [6, 6.07) is 29.6.